The van der Waals surface area contributed by atoms with Gasteiger partial charge in [0.15, 0.2) is 0 Å². The van der Waals surface area contributed by atoms with Gasteiger partial charge in [-0.05, 0) is 92.8 Å². The van der Waals surface area contributed by atoms with Crippen LogP contribution < -0.4 is 14.5 Å². The molecule has 1 aliphatic rings. The van der Waals surface area contributed by atoms with Crippen LogP contribution in [0.3, 0.4) is 0 Å². The van der Waals surface area contributed by atoms with E-state index in [2.05, 4.69) is 212 Å². The van der Waals surface area contributed by atoms with Crippen molar-refractivity contribution in [2.45, 2.75) is 85.5 Å². The molecule has 6 aromatic carbocycles. The minimum absolute atomic E-state index is 0. The third-order valence-corrected chi connectivity index (χ3v) is 11.7. The van der Waals surface area contributed by atoms with Gasteiger partial charge in [0, 0.05) is 66.9 Å². The van der Waals surface area contributed by atoms with E-state index < -0.39 is 0 Å². The number of para-hydroxylation sites is 3. The minimum atomic E-state index is 0. The van der Waals surface area contributed by atoms with E-state index in [4.69, 9.17) is 9.72 Å². The molecular weight excluding hydrogens is 928 g/mol. The van der Waals surface area contributed by atoms with E-state index in [0.717, 1.165) is 67.1 Å². The van der Waals surface area contributed by atoms with Gasteiger partial charge >= 0.3 is 0 Å². The minimum Gasteiger partial charge on any atom is -0.509 e. The topological polar surface area (TPSA) is 33.5 Å². The number of hydrogen-bond acceptors (Lipinski definition) is 4. The number of pyridine rings is 1. The van der Waals surface area contributed by atoms with Gasteiger partial charge in [-0.1, -0.05) is 128 Å². The molecule has 61 heavy (non-hydrogen) atoms. The first-order valence-corrected chi connectivity index (χ1v) is 21.0. The molecular formula is C55H53N4OPt-3. The van der Waals surface area contributed by atoms with Gasteiger partial charge in [-0.3, -0.25) is 0 Å². The van der Waals surface area contributed by atoms with Crippen molar-refractivity contribution in [3.8, 4) is 28.4 Å². The number of benzene rings is 6. The first-order valence-electron chi connectivity index (χ1n) is 21.0. The Balaban J connectivity index is 0.00000514. The summed E-state index contributed by atoms with van der Waals surface area (Å²) in [6, 6.07) is 52.5. The molecule has 6 heteroatoms. The zero-order valence-corrected chi connectivity index (χ0v) is 39.1. The Morgan fingerprint density at radius 2 is 1.20 bits per heavy atom. The molecule has 0 fully saturated rings. The molecule has 9 rings (SSSR count). The number of anilines is 4. The van der Waals surface area contributed by atoms with Gasteiger partial charge in [0.1, 0.15) is 5.82 Å². The summed E-state index contributed by atoms with van der Waals surface area (Å²) >= 11 is 0. The molecule has 5 nitrogen and oxygen atoms in total. The van der Waals surface area contributed by atoms with Crippen LogP contribution in [0.4, 0.5) is 22.7 Å². The van der Waals surface area contributed by atoms with Crippen LogP contribution >= 0.6 is 0 Å². The molecule has 0 amide bonds. The molecule has 2 aromatic heterocycles. The van der Waals surface area contributed by atoms with E-state index in [0.29, 0.717) is 11.5 Å². The Kier molecular flexibility index (Phi) is 10.8. The molecule has 0 bridgehead atoms. The van der Waals surface area contributed by atoms with Crippen molar-refractivity contribution in [1.82, 2.24) is 9.55 Å². The SMILES string of the molecule is Cc1cc(-n2c3[c-]c(Oc4[c-]c(N5[CH-]N(c6cc(C(C)(C)C)cc(C(C)(C)C)c6)c6ccccc65)ccc4)ccc3c3ccccc32)ncc1-c1ccc(C(C)(C)C)cc1.[Pt]. The molecule has 0 aliphatic carbocycles. The smallest absolute Gasteiger partial charge is 0.135 e. The first kappa shape index (κ1) is 42.1. The van der Waals surface area contributed by atoms with Gasteiger partial charge in [-0.2, -0.15) is 12.1 Å². The van der Waals surface area contributed by atoms with E-state index in [1.165, 1.54) is 16.7 Å². The average Bonchev–Trinajstić information content (AvgIpc) is 3.76. The molecule has 3 heterocycles. The Bertz CT molecular complexity index is 2870. The standard InChI is InChI=1S/C55H53N4O.Pt/c1-36-28-52(56-34-47(36)37-22-24-38(25-23-37)53(2,3)4)59-48-19-12-11-18-45(48)46-27-26-44(33-51(46)59)60-43-17-15-16-41(32-43)57-35-58(50-21-14-13-20-49(50)57)42-30-39(54(5,6)7)29-40(31-42)55(8,9)10;/h11-31,34-35H,1-10H3;/q-3;. The third-order valence-electron chi connectivity index (χ3n) is 11.7. The van der Waals surface area contributed by atoms with Crippen LogP contribution in [0.5, 0.6) is 11.5 Å². The third kappa shape index (κ3) is 8.01. The molecule has 0 atom stereocenters. The Morgan fingerprint density at radius 3 is 1.85 bits per heavy atom. The van der Waals surface area contributed by atoms with Gasteiger partial charge < -0.3 is 19.1 Å². The summed E-state index contributed by atoms with van der Waals surface area (Å²) in [5.41, 5.74) is 13.7. The van der Waals surface area contributed by atoms with Gasteiger partial charge in [0.2, 0.25) is 0 Å². The molecule has 0 saturated carbocycles. The van der Waals surface area contributed by atoms with Crippen LogP contribution in [0, 0.1) is 25.7 Å². The van der Waals surface area contributed by atoms with Gasteiger partial charge in [0.05, 0.1) is 0 Å². The van der Waals surface area contributed by atoms with Crippen molar-refractivity contribution < 1.29 is 25.8 Å². The van der Waals surface area contributed by atoms with Crippen LogP contribution in [0.25, 0.3) is 38.8 Å². The molecule has 0 unspecified atom stereocenters. The quantitative estimate of drug-likeness (QED) is 0.156. The van der Waals surface area contributed by atoms with Gasteiger partial charge in [0.25, 0.3) is 0 Å². The van der Waals surface area contributed by atoms with Crippen LogP contribution in [0.2, 0.25) is 0 Å². The Morgan fingerprint density at radius 1 is 0.574 bits per heavy atom. The fourth-order valence-corrected chi connectivity index (χ4v) is 8.17. The fraction of sp³-hybridized carbons (Fsp3) is 0.236. The molecule has 1 aliphatic heterocycles. The fourth-order valence-electron chi connectivity index (χ4n) is 8.17. The molecule has 0 radical (unpaired) electrons. The number of rotatable bonds is 6. The van der Waals surface area contributed by atoms with Crippen molar-refractivity contribution in [3.05, 3.63) is 175 Å². The Labute approximate surface area is 376 Å². The first-order chi connectivity index (χ1) is 28.5. The number of fused-ring (bicyclic) bond motifs is 4. The van der Waals surface area contributed by atoms with Crippen LogP contribution in [-0.2, 0) is 37.3 Å². The van der Waals surface area contributed by atoms with Crippen LogP contribution in [0.1, 0.15) is 84.6 Å². The summed E-state index contributed by atoms with van der Waals surface area (Å²) in [6.45, 7) is 24.8. The number of hydrogen-bond donors (Lipinski definition) is 0. The maximum atomic E-state index is 6.61. The van der Waals surface area contributed by atoms with E-state index in [1.54, 1.807) is 0 Å². The second-order valence-electron chi connectivity index (χ2n) is 19.2. The normalized spacial score (nSPS) is 13.1. The molecule has 0 saturated heterocycles. The monoisotopic (exact) mass is 980 g/mol. The second kappa shape index (κ2) is 15.7. The van der Waals surface area contributed by atoms with Crippen molar-refractivity contribution in [3.63, 3.8) is 0 Å². The predicted molar refractivity (Wildman–Crippen MR) is 250 cm³/mol. The van der Waals surface area contributed by atoms with Crippen LogP contribution in [-0.4, -0.2) is 9.55 Å². The number of nitrogens with zero attached hydrogens (tertiary/aromatic N) is 4. The summed E-state index contributed by atoms with van der Waals surface area (Å²) in [6.07, 6.45) is 2.00. The number of ether oxygens (including phenoxy) is 1. The molecule has 0 spiro atoms. The molecule has 312 valence electrons. The van der Waals surface area contributed by atoms with Crippen molar-refractivity contribution in [1.29, 1.82) is 0 Å². The second-order valence-corrected chi connectivity index (χ2v) is 19.2. The largest absolute Gasteiger partial charge is 0.509 e. The van der Waals surface area contributed by atoms with E-state index in [-0.39, 0.29) is 37.3 Å². The van der Waals surface area contributed by atoms with Crippen molar-refractivity contribution in [2.75, 3.05) is 9.80 Å². The summed E-state index contributed by atoms with van der Waals surface area (Å²) in [5.74, 6) is 2.05. The summed E-state index contributed by atoms with van der Waals surface area (Å²) in [4.78, 5) is 9.56. The van der Waals surface area contributed by atoms with Crippen molar-refractivity contribution in [2.24, 2.45) is 0 Å². The summed E-state index contributed by atoms with van der Waals surface area (Å²) in [7, 11) is 0. The van der Waals surface area contributed by atoms with Crippen LogP contribution in [0.15, 0.2) is 134 Å². The predicted octanol–water partition coefficient (Wildman–Crippen LogP) is 14.8. The van der Waals surface area contributed by atoms with E-state index in [1.807, 2.05) is 24.4 Å². The van der Waals surface area contributed by atoms with Gasteiger partial charge in [-0.15, -0.1) is 48.1 Å². The molecule has 0 N–H and O–H groups in total. The molecule has 8 aromatic rings. The Hall–Kier alpha value is -5.64. The average molecular weight is 981 g/mol. The van der Waals surface area contributed by atoms with Gasteiger partial charge in [-0.25, -0.2) is 4.98 Å². The van der Waals surface area contributed by atoms with E-state index >= 15 is 0 Å². The maximum absolute atomic E-state index is 6.61. The number of aromatic nitrogens is 2. The number of aryl methyl sites for hydroxylation is 1. The zero-order valence-electron chi connectivity index (χ0n) is 36.8. The maximum Gasteiger partial charge on any atom is 0.135 e. The summed E-state index contributed by atoms with van der Waals surface area (Å²) in [5, 5.41) is 2.23. The zero-order chi connectivity index (χ0) is 42.1. The van der Waals surface area contributed by atoms with E-state index in [9.17, 15) is 0 Å². The van der Waals surface area contributed by atoms with Crippen molar-refractivity contribution >= 4 is 44.6 Å². The summed E-state index contributed by atoms with van der Waals surface area (Å²) < 4.78 is 8.81.